The summed E-state index contributed by atoms with van der Waals surface area (Å²) >= 11 is 1.42. The van der Waals surface area contributed by atoms with Crippen molar-refractivity contribution in [2.24, 2.45) is 11.5 Å². The average molecular weight is 480 g/mol. The fourth-order valence-corrected chi connectivity index (χ4v) is 3.13. The molecule has 0 saturated heterocycles. The van der Waals surface area contributed by atoms with Crippen molar-refractivity contribution in [1.82, 2.24) is 16.0 Å². The molecule has 6 atom stereocenters. The smallest absolute Gasteiger partial charge is 0.326 e. The maximum Gasteiger partial charge on any atom is 0.326 e. The Bertz CT molecular complexity index is 621. The molecule has 10 N–H and O–H groups in total. The van der Waals surface area contributed by atoms with Crippen LogP contribution in [-0.4, -0.2) is 93.9 Å². The van der Waals surface area contributed by atoms with Gasteiger partial charge in [0.25, 0.3) is 0 Å². The summed E-state index contributed by atoms with van der Waals surface area (Å²) in [5.41, 5.74) is 11.0. The van der Waals surface area contributed by atoms with Gasteiger partial charge < -0.3 is 42.7 Å². The van der Waals surface area contributed by atoms with Gasteiger partial charge in [-0.15, -0.1) is 0 Å². The zero-order chi connectivity index (χ0) is 24.8. The van der Waals surface area contributed by atoms with Gasteiger partial charge in [0.1, 0.15) is 24.2 Å². The predicted molar refractivity (Wildman–Crippen MR) is 121 cm³/mol. The largest absolute Gasteiger partial charge is 0.480 e. The van der Waals surface area contributed by atoms with Crippen molar-refractivity contribution < 1.29 is 34.5 Å². The number of carboxylic acid groups (broad SMARTS) is 1. The van der Waals surface area contributed by atoms with Gasteiger partial charge in [-0.2, -0.15) is 11.8 Å². The molecule has 0 bridgehead atoms. The number of aliphatic hydroxyl groups excluding tert-OH is 2. The monoisotopic (exact) mass is 479 g/mol. The van der Waals surface area contributed by atoms with Crippen LogP contribution in [0.2, 0.25) is 0 Å². The van der Waals surface area contributed by atoms with E-state index < -0.39 is 60.1 Å². The number of thioether (sulfide) groups is 1. The van der Waals surface area contributed by atoms with Gasteiger partial charge in [-0.1, -0.05) is 0 Å². The number of hydrogen-bond acceptors (Lipinski definition) is 9. The van der Waals surface area contributed by atoms with E-state index in [0.29, 0.717) is 25.1 Å². The minimum absolute atomic E-state index is 0.186. The highest BCUT2D eigenvalue weighted by Gasteiger charge is 2.32. The number of carbonyl (C=O) groups excluding carboxylic acids is 3. The summed E-state index contributed by atoms with van der Waals surface area (Å²) in [6.07, 6.45) is 0.797. The summed E-state index contributed by atoms with van der Waals surface area (Å²) in [5, 5.41) is 35.9. The number of carbonyl (C=O) groups is 4. The fraction of sp³-hybridized carbons (Fsp3) is 0.789. The van der Waals surface area contributed by atoms with Gasteiger partial charge in [0.05, 0.1) is 12.2 Å². The molecule has 0 spiro atoms. The summed E-state index contributed by atoms with van der Waals surface area (Å²) in [4.78, 5) is 49.0. The summed E-state index contributed by atoms with van der Waals surface area (Å²) in [7, 11) is 0. The van der Waals surface area contributed by atoms with Crippen LogP contribution >= 0.6 is 11.8 Å². The number of nitrogens with one attached hydrogen (secondary N) is 3. The predicted octanol–water partition coefficient (Wildman–Crippen LogP) is -2.50. The number of nitrogens with two attached hydrogens (primary N) is 2. The first-order valence-corrected chi connectivity index (χ1v) is 11.8. The first-order valence-electron chi connectivity index (χ1n) is 10.4. The van der Waals surface area contributed by atoms with Crippen molar-refractivity contribution in [3.05, 3.63) is 0 Å². The molecule has 0 aliphatic heterocycles. The lowest BCUT2D eigenvalue weighted by Gasteiger charge is -2.26. The van der Waals surface area contributed by atoms with Crippen LogP contribution in [0, 0.1) is 0 Å². The van der Waals surface area contributed by atoms with Crippen LogP contribution in [0.25, 0.3) is 0 Å². The molecule has 0 saturated carbocycles. The second kappa shape index (κ2) is 15.8. The van der Waals surface area contributed by atoms with Crippen molar-refractivity contribution in [3.63, 3.8) is 0 Å². The van der Waals surface area contributed by atoms with E-state index in [2.05, 4.69) is 16.0 Å². The molecule has 0 rings (SSSR count). The Morgan fingerprint density at radius 1 is 0.875 bits per heavy atom. The molecule has 0 aliphatic rings. The second-order valence-corrected chi connectivity index (χ2v) is 8.51. The lowest BCUT2D eigenvalue weighted by atomic mass is 10.1. The number of amides is 3. The Morgan fingerprint density at radius 3 is 1.94 bits per heavy atom. The van der Waals surface area contributed by atoms with Crippen LogP contribution in [0.3, 0.4) is 0 Å². The van der Waals surface area contributed by atoms with E-state index in [-0.39, 0.29) is 12.8 Å². The van der Waals surface area contributed by atoms with E-state index in [1.165, 1.54) is 25.6 Å². The highest BCUT2D eigenvalue weighted by molar-refractivity contribution is 7.98. The number of unbranched alkanes of at least 4 members (excludes halogenated alkanes) is 1. The third kappa shape index (κ3) is 11.1. The van der Waals surface area contributed by atoms with Crippen LogP contribution in [-0.2, 0) is 19.2 Å². The SMILES string of the molecule is CSCCC(NC(=O)C(NC(=O)C(N)C(C)O)C(C)O)C(=O)NC(CCCCN)C(=O)O. The number of aliphatic hydroxyl groups is 2. The Balaban J connectivity index is 5.34. The first-order chi connectivity index (χ1) is 15.0. The summed E-state index contributed by atoms with van der Waals surface area (Å²) in [6, 6.07) is -4.98. The number of carboxylic acids is 1. The van der Waals surface area contributed by atoms with Gasteiger partial charge in [-0.25, -0.2) is 4.79 Å². The lowest BCUT2D eigenvalue weighted by molar-refractivity contribution is -0.142. The molecular weight excluding hydrogens is 442 g/mol. The molecule has 0 aromatic carbocycles. The number of rotatable bonds is 16. The Kier molecular flexibility index (Phi) is 14.9. The summed E-state index contributed by atoms with van der Waals surface area (Å²) in [6.45, 7) is 2.97. The van der Waals surface area contributed by atoms with E-state index in [1.54, 1.807) is 6.26 Å². The van der Waals surface area contributed by atoms with E-state index in [4.69, 9.17) is 11.5 Å². The van der Waals surface area contributed by atoms with Gasteiger partial charge in [0.15, 0.2) is 0 Å². The molecule has 0 aromatic rings. The molecule has 6 unspecified atom stereocenters. The highest BCUT2D eigenvalue weighted by Crippen LogP contribution is 2.06. The van der Waals surface area contributed by atoms with E-state index in [0.717, 1.165) is 0 Å². The molecule has 3 amide bonds. The fourth-order valence-electron chi connectivity index (χ4n) is 2.66. The van der Waals surface area contributed by atoms with Crippen molar-refractivity contribution >= 4 is 35.5 Å². The molecule has 32 heavy (non-hydrogen) atoms. The van der Waals surface area contributed by atoms with E-state index in [9.17, 15) is 34.5 Å². The van der Waals surface area contributed by atoms with Crippen molar-refractivity contribution in [3.8, 4) is 0 Å². The summed E-state index contributed by atoms with van der Waals surface area (Å²) in [5.74, 6) is -3.10. The van der Waals surface area contributed by atoms with Crippen molar-refractivity contribution in [2.75, 3.05) is 18.6 Å². The molecule has 186 valence electrons. The quantitative estimate of drug-likeness (QED) is 0.109. The molecule has 0 aromatic heterocycles. The second-order valence-electron chi connectivity index (χ2n) is 7.52. The highest BCUT2D eigenvalue weighted by atomic mass is 32.2. The molecule has 12 nitrogen and oxygen atoms in total. The summed E-state index contributed by atoms with van der Waals surface area (Å²) < 4.78 is 0. The zero-order valence-electron chi connectivity index (χ0n) is 18.7. The molecular formula is C19H37N5O7S. The average Bonchev–Trinajstić information content (AvgIpc) is 2.72. The molecule has 0 radical (unpaired) electrons. The van der Waals surface area contributed by atoms with Crippen molar-refractivity contribution in [1.29, 1.82) is 0 Å². The van der Waals surface area contributed by atoms with Crippen LogP contribution in [0.1, 0.15) is 39.5 Å². The molecule has 0 aliphatic carbocycles. The van der Waals surface area contributed by atoms with Crippen LogP contribution in [0.5, 0.6) is 0 Å². The van der Waals surface area contributed by atoms with Crippen LogP contribution in [0.15, 0.2) is 0 Å². The Labute approximate surface area is 192 Å². The van der Waals surface area contributed by atoms with Gasteiger partial charge in [-0.05, 0) is 58.1 Å². The molecule has 0 fully saturated rings. The Hall–Kier alpha value is -1.93. The lowest BCUT2D eigenvalue weighted by Crippen LogP contribution is -2.60. The molecule has 0 heterocycles. The van der Waals surface area contributed by atoms with Gasteiger partial charge in [0.2, 0.25) is 17.7 Å². The van der Waals surface area contributed by atoms with Crippen LogP contribution < -0.4 is 27.4 Å². The Morgan fingerprint density at radius 2 is 1.47 bits per heavy atom. The van der Waals surface area contributed by atoms with Gasteiger partial charge in [0, 0.05) is 0 Å². The first kappa shape index (κ1) is 30.1. The third-order valence-corrected chi connectivity index (χ3v) is 5.33. The van der Waals surface area contributed by atoms with E-state index >= 15 is 0 Å². The minimum Gasteiger partial charge on any atom is -0.480 e. The third-order valence-electron chi connectivity index (χ3n) is 4.69. The topological polar surface area (TPSA) is 217 Å². The van der Waals surface area contributed by atoms with E-state index in [1.807, 2.05) is 0 Å². The zero-order valence-corrected chi connectivity index (χ0v) is 19.6. The number of aliphatic carboxylic acids is 1. The maximum atomic E-state index is 12.7. The number of hydrogen-bond donors (Lipinski definition) is 8. The minimum atomic E-state index is -1.43. The standard InChI is InChI=1S/C19H37N5O7S/c1-10(25)14(21)17(28)24-15(11(2)26)18(29)22-12(7-9-32-3)16(27)23-13(19(30)31)6-4-5-8-20/h10-15,25-26H,4-9,20-21H2,1-3H3,(H,22,29)(H,23,27)(H,24,28)(H,30,31). The van der Waals surface area contributed by atoms with Gasteiger partial charge in [-0.3, -0.25) is 14.4 Å². The van der Waals surface area contributed by atoms with Gasteiger partial charge >= 0.3 is 5.97 Å². The maximum absolute atomic E-state index is 12.7. The normalized spacial score (nSPS) is 16.7. The van der Waals surface area contributed by atoms with Crippen molar-refractivity contribution in [2.45, 2.75) is 75.9 Å². The molecule has 13 heteroatoms. The van der Waals surface area contributed by atoms with Crippen LogP contribution in [0.4, 0.5) is 0 Å².